The summed E-state index contributed by atoms with van der Waals surface area (Å²) in [6, 6.07) is 1.09. The number of nitrogens with zero attached hydrogens (tertiary/aromatic N) is 2. The van der Waals surface area contributed by atoms with E-state index in [0.717, 1.165) is 10.4 Å². The fourth-order valence-electron chi connectivity index (χ4n) is 1.95. The Morgan fingerprint density at radius 3 is 2.29 bits per heavy atom. The zero-order chi connectivity index (χ0) is 16.0. The fraction of sp³-hybridized carbons (Fsp3) is 0.583. The molecule has 8 nitrogen and oxygen atoms in total. The van der Waals surface area contributed by atoms with Gasteiger partial charge in [-0.1, -0.05) is 6.92 Å². The summed E-state index contributed by atoms with van der Waals surface area (Å²) in [6.07, 6.45) is 1.93. The van der Waals surface area contributed by atoms with Crippen molar-refractivity contribution in [3.05, 3.63) is 18.0 Å². The minimum absolute atomic E-state index is 0.108. The van der Waals surface area contributed by atoms with Gasteiger partial charge >= 0.3 is 5.97 Å². The number of hydrogen-bond acceptors (Lipinski definition) is 5. The molecule has 120 valence electrons. The van der Waals surface area contributed by atoms with E-state index in [0.29, 0.717) is 13.0 Å². The van der Waals surface area contributed by atoms with Crippen LogP contribution in [0.1, 0.15) is 23.8 Å². The van der Waals surface area contributed by atoms with Gasteiger partial charge in [0.2, 0.25) is 10.0 Å². The molecule has 0 aliphatic rings. The molecule has 0 aromatic carbocycles. The van der Waals surface area contributed by atoms with Crippen molar-refractivity contribution in [2.75, 3.05) is 26.3 Å². The van der Waals surface area contributed by atoms with Gasteiger partial charge < -0.3 is 19.9 Å². The van der Waals surface area contributed by atoms with Crippen LogP contribution in [-0.4, -0.2) is 64.9 Å². The Kier molecular flexibility index (Phi) is 6.34. The lowest BCUT2D eigenvalue weighted by Gasteiger charge is -2.19. The second-order valence-corrected chi connectivity index (χ2v) is 6.35. The van der Waals surface area contributed by atoms with E-state index in [1.54, 1.807) is 0 Å². The van der Waals surface area contributed by atoms with Crippen molar-refractivity contribution >= 4 is 16.0 Å². The van der Waals surface area contributed by atoms with Crippen LogP contribution in [-0.2, 0) is 16.6 Å². The van der Waals surface area contributed by atoms with Crippen LogP contribution in [0.5, 0.6) is 0 Å². The molecule has 0 radical (unpaired) electrons. The highest BCUT2D eigenvalue weighted by molar-refractivity contribution is 7.89. The van der Waals surface area contributed by atoms with Crippen molar-refractivity contribution < 1.29 is 28.5 Å². The monoisotopic (exact) mass is 320 g/mol. The molecule has 0 saturated carbocycles. The zero-order valence-corrected chi connectivity index (χ0v) is 12.6. The molecular formula is C12H20N2O6S. The third-order valence-corrected chi connectivity index (χ3v) is 4.76. The van der Waals surface area contributed by atoms with Crippen LogP contribution in [0, 0.1) is 0 Å². The molecule has 0 unspecified atom stereocenters. The highest BCUT2D eigenvalue weighted by Gasteiger charge is 2.27. The van der Waals surface area contributed by atoms with Crippen molar-refractivity contribution in [2.24, 2.45) is 0 Å². The molecule has 1 heterocycles. The van der Waals surface area contributed by atoms with Crippen molar-refractivity contribution in [1.82, 2.24) is 8.87 Å². The minimum atomic E-state index is -3.95. The van der Waals surface area contributed by atoms with E-state index in [2.05, 4.69) is 0 Å². The Bertz CT molecular complexity index is 575. The Hall–Kier alpha value is -1.42. The number of rotatable bonds is 9. The van der Waals surface area contributed by atoms with Crippen LogP contribution in [0.2, 0.25) is 0 Å². The first-order valence-electron chi connectivity index (χ1n) is 6.53. The second-order valence-electron chi connectivity index (χ2n) is 4.41. The number of aromatic carboxylic acids is 1. The molecule has 1 aromatic rings. The molecule has 0 saturated heterocycles. The van der Waals surface area contributed by atoms with E-state index in [1.165, 1.54) is 10.8 Å². The first-order valence-corrected chi connectivity index (χ1v) is 7.97. The van der Waals surface area contributed by atoms with Crippen LogP contribution in [0.3, 0.4) is 0 Å². The third kappa shape index (κ3) is 4.03. The standard InChI is InChI=1S/C12H20N2O6S/c1-2-3-13-9-10(8-11(13)12(17)18)21(19,20)14(4-6-15)5-7-16/h8-9,15-16H,2-7H2,1H3,(H,17,18). The quantitative estimate of drug-likeness (QED) is 0.568. The van der Waals surface area contributed by atoms with Gasteiger partial charge in [-0.3, -0.25) is 0 Å². The van der Waals surface area contributed by atoms with Crippen LogP contribution in [0.4, 0.5) is 0 Å². The SMILES string of the molecule is CCCn1cc(S(=O)(=O)N(CCO)CCO)cc1C(=O)O. The number of carboxylic acid groups (broad SMARTS) is 1. The van der Waals surface area contributed by atoms with Gasteiger partial charge in [0, 0.05) is 25.8 Å². The molecule has 0 aliphatic carbocycles. The van der Waals surface area contributed by atoms with E-state index in [-0.39, 0.29) is 36.9 Å². The van der Waals surface area contributed by atoms with Crippen LogP contribution < -0.4 is 0 Å². The van der Waals surface area contributed by atoms with E-state index < -0.39 is 16.0 Å². The number of carbonyl (C=O) groups is 1. The zero-order valence-electron chi connectivity index (χ0n) is 11.8. The molecule has 0 fully saturated rings. The Labute approximate surface area is 123 Å². The summed E-state index contributed by atoms with van der Waals surface area (Å²) in [7, 11) is -3.95. The van der Waals surface area contributed by atoms with Gasteiger partial charge in [-0.2, -0.15) is 4.31 Å². The first-order chi connectivity index (χ1) is 9.88. The van der Waals surface area contributed by atoms with Crippen LogP contribution >= 0.6 is 0 Å². The van der Waals surface area contributed by atoms with Crippen molar-refractivity contribution in [1.29, 1.82) is 0 Å². The lowest BCUT2D eigenvalue weighted by molar-refractivity contribution is 0.0685. The molecule has 1 aromatic heterocycles. The summed E-state index contributed by atoms with van der Waals surface area (Å²) in [5.41, 5.74) is -0.108. The van der Waals surface area contributed by atoms with Gasteiger partial charge in [0.25, 0.3) is 0 Å². The summed E-state index contributed by atoms with van der Waals surface area (Å²) >= 11 is 0. The Morgan fingerprint density at radius 1 is 1.29 bits per heavy atom. The average molecular weight is 320 g/mol. The van der Waals surface area contributed by atoms with E-state index in [9.17, 15) is 13.2 Å². The average Bonchev–Trinajstić information content (AvgIpc) is 2.84. The van der Waals surface area contributed by atoms with E-state index >= 15 is 0 Å². The van der Waals surface area contributed by atoms with E-state index in [1.807, 2.05) is 6.92 Å². The van der Waals surface area contributed by atoms with Gasteiger partial charge in [0.1, 0.15) is 10.6 Å². The smallest absolute Gasteiger partial charge is 0.352 e. The predicted molar refractivity (Wildman–Crippen MR) is 74.6 cm³/mol. The highest BCUT2D eigenvalue weighted by atomic mass is 32.2. The summed E-state index contributed by atoms with van der Waals surface area (Å²) in [6.45, 7) is 1.14. The van der Waals surface area contributed by atoms with Gasteiger partial charge in [0.15, 0.2) is 0 Å². The number of aryl methyl sites for hydroxylation is 1. The number of hydrogen-bond donors (Lipinski definition) is 3. The number of aromatic nitrogens is 1. The molecule has 9 heteroatoms. The summed E-state index contributed by atoms with van der Waals surface area (Å²) in [5, 5.41) is 26.9. The first kappa shape index (κ1) is 17.6. The van der Waals surface area contributed by atoms with Crippen LogP contribution in [0.25, 0.3) is 0 Å². The largest absolute Gasteiger partial charge is 0.477 e. The predicted octanol–water partition coefficient (Wildman–Crippen LogP) is -0.428. The molecule has 1 rings (SSSR count). The van der Waals surface area contributed by atoms with Crippen molar-refractivity contribution in [3.8, 4) is 0 Å². The molecule has 3 N–H and O–H groups in total. The maximum atomic E-state index is 12.4. The highest BCUT2D eigenvalue weighted by Crippen LogP contribution is 2.19. The Balaban J connectivity index is 3.23. The Morgan fingerprint density at radius 2 is 1.86 bits per heavy atom. The minimum Gasteiger partial charge on any atom is -0.477 e. The van der Waals surface area contributed by atoms with Crippen LogP contribution in [0.15, 0.2) is 17.2 Å². The molecular weight excluding hydrogens is 300 g/mol. The maximum absolute atomic E-state index is 12.4. The third-order valence-electron chi connectivity index (χ3n) is 2.89. The van der Waals surface area contributed by atoms with Gasteiger partial charge in [-0.25, -0.2) is 13.2 Å². The molecule has 0 atom stereocenters. The van der Waals surface area contributed by atoms with Gasteiger partial charge in [-0.15, -0.1) is 0 Å². The number of sulfonamides is 1. The number of aliphatic hydroxyl groups is 2. The second kappa shape index (κ2) is 7.55. The molecule has 0 amide bonds. The fourth-order valence-corrected chi connectivity index (χ4v) is 3.42. The summed E-state index contributed by atoms with van der Waals surface area (Å²) < 4.78 is 27.1. The molecule has 0 aliphatic heterocycles. The number of aliphatic hydroxyl groups excluding tert-OH is 2. The molecule has 0 bridgehead atoms. The number of carboxylic acids is 1. The maximum Gasteiger partial charge on any atom is 0.352 e. The van der Waals surface area contributed by atoms with Gasteiger partial charge in [-0.05, 0) is 12.5 Å². The normalized spacial score (nSPS) is 12.0. The van der Waals surface area contributed by atoms with Crippen molar-refractivity contribution in [3.63, 3.8) is 0 Å². The molecule has 21 heavy (non-hydrogen) atoms. The van der Waals surface area contributed by atoms with Crippen molar-refractivity contribution in [2.45, 2.75) is 24.8 Å². The lowest BCUT2D eigenvalue weighted by atomic mass is 10.4. The lowest BCUT2D eigenvalue weighted by Crippen LogP contribution is -2.35. The van der Waals surface area contributed by atoms with E-state index in [4.69, 9.17) is 15.3 Å². The summed E-state index contributed by atoms with van der Waals surface area (Å²) in [5.74, 6) is -1.21. The summed E-state index contributed by atoms with van der Waals surface area (Å²) in [4.78, 5) is 11.0. The topological polar surface area (TPSA) is 120 Å². The molecule has 0 spiro atoms. The van der Waals surface area contributed by atoms with Gasteiger partial charge in [0.05, 0.1) is 13.2 Å².